The fourth-order valence-corrected chi connectivity index (χ4v) is 1.36. The van der Waals surface area contributed by atoms with Crippen LogP contribution in [0.3, 0.4) is 0 Å². The second kappa shape index (κ2) is 6.02. The number of benzene rings is 1. The highest BCUT2D eigenvalue weighted by Gasteiger charge is 2.26. The molecule has 1 aromatic rings. The summed E-state index contributed by atoms with van der Waals surface area (Å²) in [6.07, 6.45) is -4.19. The van der Waals surface area contributed by atoms with Crippen LogP contribution in [0.15, 0.2) is 24.3 Å². The molecule has 0 heterocycles. The van der Waals surface area contributed by atoms with Gasteiger partial charge in [-0.15, -0.1) is 0 Å². The Hall–Kier alpha value is -1.07. The van der Waals surface area contributed by atoms with Crippen LogP contribution in [0.4, 0.5) is 13.2 Å². The molecule has 2 nitrogen and oxygen atoms in total. The Bertz CT molecular complexity index is 375. The summed E-state index contributed by atoms with van der Waals surface area (Å²) in [4.78, 5) is 11.3. The maximum absolute atomic E-state index is 11.8. The number of carbonyl (C=O) groups excluding carboxylic acids is 1. The van der Waals surface area contributed by atoms with Gasteiger partial charge in [0.1, 0.15) is 0 Å². The van der Waals surface area contributed by atoms with Crippen molar-refractivity contribution in [1.29, 1.82) is 0 Å². The van der Waals surface area contributed by atoms with Gasteiger partial charge in [0.15, 0.2) is 5.78 Å². The van der Waals surface area contributed by atoms with Crippen molar-refractivity contribution in [1.82, 2.24) is 5.32 Å². The SMILES string of the molecule is O=C(CNCC(F)(F)F)Cc1ccc(Cl)cc1. The predicted molar refractivity (Wildman–Crippen MR) is 59.1 cm³/mol. The summed E-state index contributed by atoms with van der Waals surface area (Å²) in [6.45, 7) is -1.44. The highest BCUT2D eigenvalue weighted by molar-refractivity contribution is 6.30. The van der Waals surface area contributed by atoms with Gasteiger partial charge in [0, 0.05) is 11.4 Å². The number of alkyl halides is 3. The van der Waals surface area contributed by atoms with Crippen molar-refractivity contribution in [3.8, 4) is 0 Å². The van der Waals surface area contributed by atoms with Crippen LogP contribution in [-0.2, 0) is 11.2 Å². The zero-order valence-corrected chi connectivity index (χ0v) is 9.61. The van der Waals surface area contributed by atoms with E-state index in [1.807, 2.05) is 0 Å². The highest BCUT2D eigenvalue weighted by Crippen LogP contribution is 2.12. The molecular formula is C11H11ClF3NO. The topological polar surface area (TPSA) is 29.1 Å². The van der Waals surface area contributed by atoms with Gasteiger partial charge >= 0.3 is 6.18 Å². The molecule has 17 heavy (non-hydrogen) atoms. The minimum absolute atomic E-state index is 0.0992. The highest BCUT2D eigenvalue weighted by atomic mass is 35.5. The fraction of sp³-hybridized carbons (Fsp3) is 0.364. The molecule has 6 heteroatoms. The number of halogens is 4. The molecule has 0 aliphatic carbocycles. The summed E-state index contributed by atoms with van der Waals surface area (Å²) in [6, 6.07) is 6.61. The first-order valence-electron chi connectivity index (χ1n) is 4.90. The van der Waals surface area contributed by atoms with E-state index in [2.05, 4.69) is 5.32 Å². The molecule has 0 saturated heterocycles. The molecule has 1 rings (SSSR count). The Balaban J connectivity index is 2.32. The lowest BCUT2D eigenvalue weighted by atomic mass is 10.1. The number of hydrogen-bond donors (Lipinski definition) is 1. The van der Waals surface area contributed by atoms with Gasteiger partial charge in [0.25, 0.3) is 0 Å². The lowest BCUT2D eigenvalue weighted by Gasteiger charge is -2.07. The zero-order valence-electron chi connectivity index (χ0n) is 8.85. The number of Topliss-reactive ketones (excluding diaryl/α,β-unsaturated/α-hetero) is 1. The van der Waals surface area contributed by atoms with Crippen LogP contribution in [0.1, 0.15) is 5.56 Å². The quantitative estimate of drug-likeness (QED) is 0.887. The molecule has 0 aliphatic rings. The summed E-state index contributed by atoms with van der Waals surface area (Å²) in [5.41, 5.74) is 0.730. The molecule has 0 atom stereocenters. The van der Waals surface area contributed by atoms with Crippen LogP contribution in [0.2, 0.25) is 5.02 Å². The third-order valence-corrected chi connectivity index (χ3v) is 2.21. The molecule has 0 aliphatic heterocycles. The van der Waals surface area contributed by atoms with Crippen LogP contribution in [-0.4, -0.2) is 25.0 Å². The van der Waals surface area contributed by atoms with Crippen molar-refractivity contribution in [2.45, 2.75) is 12.6 Å². The van der Waals surface area contributed by atoms with Crippen LogP contribution in [0.5, 0.6) is 0 Å². The van der Waals surface area contributed by atoms with Crippen molar-refractivity contribution < 1.29 is 18.0 Å². The van der Waals surface area contributed by atoms with E-state index >= 15 is 0 Å². The molecule has 0 fully saturated rings. The number of carbonyl (C=O) groups is 1. The third kappa shape index (κ3) is 6.28. The summed E-state index contributed by atoms with van der Waals surface area (Å²) >= 11 is 5.66. The maximum Gasteiger partial charge on any atom is 0.401 e. The Morgan fingerprint density at radius 1 is 1.24 bits per heavy atom. The number of rotatable bonds is 5. The normalized spacial score (nSPS) is 11.5. The van der Waals surface area contributed by atoms with Crippen molar-refractivity contribution in [3.63, 3.8) is 0 Å². The summed E-state index contributed by atoms with van der Waals surface area (Å²) in [7, 11) is 0. The average molecular weight is 266 g/mol. The Kier molecular flexibility index (Phi) is 4.96. The molecule has 0 saturated carbocycles. The lowest BCUT2D eigenvalue weighted by molar-refractivity contribution is -0.127. The smallest absolute Gasteiger partial charge is 0.302 e. The summed E-state index contributed by atoms with van der Waals surface area (Å²) < 4.78 is 35.4. The first-order chi connectivity index (χ1) is 7.87. The second-order valence-corrected chi connectivity index (χ2v) is 4.00. The van der Waals surface area contributed by atoms with Crippen LogP contribution >= 0.6 is 11.6 Å². The molecule has 1 N–H and O–H groups in total. The van der Waals surface area contributed by atoms with E-state index < -0.39 is 12.7 Å². The lowest BCUT2D eigenvalue weighted by Crippen LogP contribution is -2.33. The van der Waals surface area contributed by atoms with E-state index in [4.69, 9.17) is 11.6 Å². The number of hydrogen-bond acceptors (Lipinski definition) is 2. The molecule has 94 valence electrons. The molecular weight excluding hydrogens is 255 g/mol. The van der Waals surface area contributed by atoms with Crippen LogP contribution in [0.25, 0.3) is 0 Å². The molecule has 0 bridgehead atoms. The molecule has 0 amide bonds. The second-order valence-electron chi connectivity index (χ2n) is 3.56. The van der Waals surface area contributed by atoms with Crippen molar-refractivity contribution in [2.24, 2.45) is 0 Å². The van der Waals surface area contributed by atoms with Gasteiger partial charge in [-0.05, 0) is 17.7 Å². The van der Waals surface area contributed by atoms with E-state index in [1.165, 1.54) is 0 Å². The molecule has 0 unspecified atom stereocenters. The van der Waals surface area contributed by atoms with Gasteiger partial charge in [-0.2, -0.15) is 13.2 Å². The van der Waals surface area contributed by atoms with Gasteiger partial charge in [-0.25, -0.2) is 0 Å². The number of nitrogens with one attached hydrogen (secondary N) is 1. The Labute approximate surface area is 102 Å². The van der Waals surface area contributed by atoms with Gasteiger partial charge in [-0.3, -0.25) is 4.79 Å². The van der Waals surface area contributed by atoms with Crippen LogP contribution < -0.4 is 5.32 Å². The minimum atomic E-state index is -4.29. The van der Waals surface area contributed by atoms with E-state index in [0.717, 1.165) is 5.56 Å². The Morgan fingerprint density at radius 3 is 2.35 bits per heavy atom. The van der Waals surface area contributed by atoms with Crippen molar-refractivity contribution >= 4 is 17.4 Å². The fourth-order valence-electron chi connectivity index (χ4n) is 1.24. The molecule has 0 radical (unpaired) electrons. The van der Waals surface area contributed by atoms with E-state index in [9.17, 15) is 18.0 Å². The maximum atomic E-state index is 11.8. The summed E-state index contributed by atoms with van der Waals surface area (Å²) in [5.74, 6) is -0.295. The largest absolute Gasteiger partial charge is 0.401 e. The predicted octanol–water partition coefficient (Wildman–Crippen LogP) is 2.60. The first-order valence-corrected chi connectivity index (χ1v) is 5.28. The first kappa shape index (κ1) is 14.0. The zero-order chi connectivity index (χ0) is 12.9. The van der Waals surface area contributed by atoms with Crippen molar-refractivity contribution in [2.75, 3.05) is 13.1 Å². The van der Waals surface area contributed by atoms with Gasteiger partial charge in [0.05, 0.1) is 13.1 Å². The Morgan fingerprint density at radius 2 is 1.82 bits per heavy atom. The molecule has 1 aromatic carbocycles. The monoisotopic (exact) mass is 265 g/mol. The summed E-state index contributed by atoms with van der Waals surface area (Å²) in [5, 5.41) is 2.61. The van der Waals surface area contributed by atoms with Crippen molar-refractivity contribution in [3.05, 3.63) is 34.9 Å². The molecule has 0 aromatic heterocycles. The van der Waals surface area contributed by atoms with Gasteiger partial charge in [-0.1, -0.05) is 23.7 Å². The van der Waals surface area contributed by atoms with E-state index in [1.54, 1.807) is 24.3 Å². The van der Waals surface area contributed by atoms with Crippen LogP contribution in [0, 0.1) is 0 Å². The van der Waals surface area contributed by atoms with E-state index in [-0.39, 0.29) is 18.7 Å². The third-order valence-electron chi connectivity index (χ3n) is 1.96. The number of ketones is 1. The molecule has 0 spiro atoms. The van der Waals surface area contributed by atoms with Gasteiger partial charge in [0.2, 0.25) is 0 Å². The minimum Gasteiger partial charge on any atom is -0.302 e. The standard InChI is InChI=1S/C11H11ClF3NO/c12-9-3-1-8(2-4-9)5-10(17)6-16-7-11(13,14)15/h1-4,16H,5-7H2. The van der Waals surface area contributed by atoms with E-state index in [0.29, 0.717) is 5.02 Å². The van der Waals surface area contributed by atoms with Gasteiger partial charge < -0.3 is 5.32 Å². The average Bonchev–Trinajstić information content (AvgIpc) is 2.19.